The zero-order valence-electron chi connectivity index (χ0n) is 13.3. The van der Waals surface area contributed by atoms with Gasteiger partial charge in [-0.05, 0) is 48.5 Å². The van der Waals surface area contributed by atoms with Gasteiger partial charge in [0, 0.05) is 17.4 Å². The van der Waals surface area contributed by atoms with Crippen molar-refractivity contribution in [3.63, 3.8) is 0 Å². The lowest BCUT2D eigenvalue weighted by Crippen LogP contribution is -2.12. The van der Waals surface area contributed by atoms with Crippen molar-refractivity contribution >= 4 is 37.4 Å². The number of hydrogen-bond donors (Lipinski definition) is 1. The first-order valence-electron chi connectivity index (χ1n) is 7.62. The van der Waals surface area contributed by atoms with Crippen LogP contribution < -0.4 is 4.72 Å². The average molecular weight is 385 g/mol. The van der Waals surface area contributed by atoms with Crippen molar-refractivity contribution in [2.45, 2.75) is 4.90 Å². The molecule has 8 heteroatoms. The highest BCUT2D eigenvalue weighted by molar-refractivity contribution is 7.92. The molecule has 0 radical (unpaired) electrons. The van der Waals surface area contributed by atoms with Crippen LogP contribution in [-0.2, 0) is 10.0 Å². The number of rotatable bonds is 4. The average Bonchev–Trinajstić information content (AvgIpc) is 3.06. The molecule has 0 unspecified atom stereocenters. The third kappa shape index (κ3) is 3.29. The lowest BCUT2D eigenvalue weighted by molar-refractivity contribution is 0.599. The molecule has 0 bridgehead atoms. The maximum Gasteiger partial charge on any atom is 0.261 e. The Morgan fingerprint density at radius 1 is 1.00 bits per heavy atom. The minimum Gasteiger partial charge on any atom is -0.280 e. The summed E-state index contributed by atoms with van der Waals surface area (Å²) in [5.74, 6) is -0.490. The molecule has 0 spiro atoms. The number of benzene rings is 2. The van der Waals surface area contributed by atoms with E-state index in [0.29, 0.717) is 5.69 Å². The molecular weight excluding hydrogens is 373 g/mol. The Hall–Kier alpha value is -2.84. The fourth-order valence-electron chi connectivity index (χ4n) is 2.44. The molecule has 0 amide bonds. The molecule has 26 heavy (non-hydrogen) atoms. The van der Waals surface area contributed by atoms with Gasteiger partial charge in [0.2, 0.25) is 0 Å². The van der Waals surface area contributed by atoms with Crippen molar-refractivity contribution in [3.8, 4) is 10.6 Å². The molecule has 0 atom stereocenters. The van der Waals surface area contributed by atoms with Gasteiger partial charge in [-0.3, -0.25) is 4.72 Å². The number of nitrogens with zero attached hydrogens (tertiary/aromatic N) is 2. The van der Waals surface area contributed by atoms with E-state index in [0.717, 1.165) is 33.1 Å². The number of halogens is 1. The molecule has 0 saturated carbocycles. The molecular formula is C18H12FN3O2S2. The van der Waals surface area contributed by atoms with E-state index in [1.807, 2.05) is 18.2 Å². The summed E-state index contributed by atoms with van der Waals surface area (Å²) >= 11 is 1.43. The Kier molecular flexibility index (Phi) is 4.14. The summed E-state index contributed by atoms with van der Waals surface area (Å²) in [6, 6.07) is 15.3. The smallest absolute Gasteiger partial charge is 0.261 e. The van der Waals surface area contributed by atoms with Crippen molar-refractivity contribution in [1.29, 1.82) is 0 Å². The van der Waals surface area contributed by atoms with E-state index in [9.17, 15) is 12.8 Å². The molecule has 0 saturated heterocycles. The SMILES string of the molecule is O=S(=O)(Nc1cccc(-c2nc3cccnc3s2)c1)c1ccc(F)cc1. The number of nitrogens with one attached hydrogen (secondary N) is 1. The third-order valence-electron chi connectivity index (χ3n) is 3.65. The van der Waals surface area contributed by atoms with Crippen LogP contribution in [0.1, 0.15) is 0 Å². The molecule has 2 aromatic carbocycles. The second-order valence-electron chi connectivity index (χ2n) is 5.49. The Labute approximate surface area is 153 Å². The maximum absolute atomic E-state index is 13.0. The first kappa shape index (κ1) is 16.6. The van der Waals surface area contributed by atoms with Crippen molar-refractivity contribution < 1.29 is 12.8 Å². The van der Waals surface area contributed by atoms with Crippen molar-refractivity contribution in [2.75, 3.05) is 4.72 Å². The number of pyridine rings is 1. The molecule has 0 aliphatic heterocycles. The number of sulfonamides is 1. The van der Waals surface area contributed by atoms with Crippen LogP contribution in [0.3, 0.4) is 0 Å². The van der Waals surface area contributed by atoms with Crippen LogP contribution in [0.5, 0.6) is 0 Å². The van der Waals surface area contributed by atoms with Crippen LogP contribution in [0.15, 0.2) is 71.8 Å². The molecule has 5 nitrogen and oxygen atoms in total. The Morgan fingerprint density at radius 2 is 1.81 bits per heavy atom. The molecule has 4 aromatic rings. The predicted molar refractivity (Wildman–Crippen MR) is 100 cm³/mol. The van der Waals surface area contributed by atoms with Crippen molar-refractivity contribution in [2.24, 2.45) is 0 Å². The van der Waals surface area contributed by atoms with Crippen LogP contribution in [0.2, 0.25) is 0 Å². The summed E-state index contributed by atoms with van der Waals surface area (Å²) in [4.78, 5) is 9.61. The topological polar surface area (TPSA) is 72.0 Å². The summed E-state index contributed by atoms with van der Waals surface area (Å²) in [6.07, 6.45) is 1.71. The monoisotopic (exact) mass is 385 g/mol. The predicted octanol–water partition coefficient (Wildman–Crippen LogP) is 4.30. The van der Waals surface area contributed by atoms with Gasteiger partial charge in [-0.25, -0.2) is 22.8 Å². The van der Waals surface area contributed by atoms with Gasteiger partial charge >= 0.3 is 0 Å². The van der Waals surface area contributed by atoms with Gasteiger partial charge in [-0.1, -0.05) is 23.5 Å². The van der Waals surface area contributed by atoms with Crippen LogP contribution in [0, 0.1) is 5.82 Å². The normalized spacial score (nSPS) is 11.6. The Bertz CT molecular complexity index is 1160. The van der Waals surface area contributed by atoms with Gasteiger partial charge in [0.25, 0.3) is 10.0 Å². The third-order valence-corrected chi connectivity index (χ3v) is 6.08. The fraction of sp³-hybridized carbons (Fsp3) is 0. The van der Waals surface area contributed by atoms with E-state index >= 15 is 0 Å². The van der Waals surface area contributed by atoms with E-state index in [2.05, 4.69) is 14.7 Å². The molecule has 2 aromatic heterocycles. The second-order valence-corrected chi connectivity index (χ2v) is 8.15. The van der Waals surface area contributed by atoms with Crippen LogP contribution in [-0.4, -0.2) is 18.4 Å². The largest absolute Gasteiger partial charge is 0.280 e. The molecule has 2 heterocycles. The summed E-state index contributed by atoms with van der Waals surface area (Å²) in [7, 11) is -3.80. The highest BCUT2D eigenvalue weighted by Crippen LogP contribution is 2.30. The molecule has 0 aliphatic carbocycles. The highest BCUT2D eigenvalue weighted by Gasteiger charge is 2.15. The Balaban J connectivity index is 1.66. The number of fused-ring (bicyclic) bond motifs is 1. The van der Waals surface area contributed by atoms with Gasteiger partial charge in [0.05, 0.1) is 4.90 Å². The zero-order chi connectivity index (χ0) is 18.1. The number of anilines is 1. The van der Waals surface area contributed by atoms with Gasteiger partial charge in [-0.2, -0.15) is 0 Å². The highest BCUT2D eigenvalue weighted by atomic mass is 32.2. The van der Waals surface area contributed by atoms with E-state index in [1.165, 1.54) is 23.5 Å². The Morgan fingerprint density at radius 3 is 2.58 bits per heavy atom. The van der Waals surface area contributed by atoms with Crippen LogP contribution in [0.4, 0.5) is 10.1 Å². The van der Waals surface area contributed by atoms with E-state index < -0.39 is 15.8 Å². The number of thiazole rings is 1. The van der Waals surface area contributed by atoms with Crippen LogP contribution in [0.25, 0.3) is 20.9 Å². The molecule has 0 fully saturated rings. The first-order chi connectivity index (χ1) is 12.5. The summed E-state index contributed by atoms with van der Waals surface area (Å²) in [6.45, 7) is 0. The standard InChI is InChI=1S/C18H12FN3O2S2/c19-13-6-8-15(9-7-13)26(23,24)22-14-4-1-3-12(11-14)17-21-16-5-2-10-20-18(16)25-17/h1-11,22H. The molecule has 4 rings (SSSR count). The van der Waals surface area contributed by atoms with Crippen molar-refractivity contribution in [1.82, 2.24) is 9.97 Å². The summed E-state index contributed by atoms with van der Waals surface area (Å²) < 4.78 is 40.4. The van der Waals surface area contributed by atoms with E-state index in [1.54, 1.807) is 24.4 Å². The number of aromatic nitrogens is 2. The quantitative estimate of drug-likeness (QED) is 0.569. The zero-order valence-corrected chi connectivity index (χ0v) is 14.9. The lowest BCUT2D eigenvalue weighted by atomic mass is 10.2. The number of hydrogen-bond acceptors (Lipinski definition) is 5. The van der Waals surface area contributed by atoms with Crippen LogP contribution >= 0.6 is 11.3 Å². The van der Waals surface area contributed by atoms with E-state index in [-0.39, 0.29) is 4.90 Å². The molecule has 0 aliphatic rings. The fourth-order valence-corrected chi connectivity index (χ4v) is 4.39. The lowest BCUT2D eigenvalue weighted by Gasteiger charge is -2.09. The van der Waals surface area contributed by atoms with Gasteiger partial charge in [0.15, 0.2) is 0 Å². The summed E-state index contributed by atoms with van der Waals surface area (Å²) in [5, 5.41) is 0.751. The summed E-state index contributed by atoms with van der Waals surface area (Å²) in [5.41, 5.74) is 1.98. The molecule has 130 valence electrons. The minimum atomic E-state index is -3.80. The van der Waals surface area contributed by atoms with Gasteiger partial charge in [-0.15, -0.1) is 0 Å². The van der Waals surface area contributed by atoms with Gasteiger partial charge < -0.3 is 0 Å². The molecule has 1 N–H and O–H groups in total. The second kappa shape index (κ2) is 6.47. The van der Waals surface area contributed by atoms with Gasteiger partial charge in [0.1, 0.15) is 21.2 Å². The van der Waals surface area contributed by atoms with E-state index in [4.69, 9.17) is 0 Å². The minimum absolute atomic E-state index is 0.00603. The first-order valence-corrected chi connectivity index (χ1v) is 9.92. The maximum atomic E-state index is 13.0. The van der Waals surface area contributed by atoms with Crippen molar-refractivity contribution in [3.05, 3.63) is 72.7 Å².